The molecular weight excluding hydrogens is 240 g/mol. The smallest absolute Gasteiger partial charge is 0.244 e. The number of benzene rings is 1. The number of nitrogens with one attached hydrogen (secondary N) is 1. The Morgan fingerprint density at radius 1 is 1.32 bits per heavy atom. The third-order valence-electron chi connectivity index (χ3n) is 2.71. The molecule has 19 heavy (non-hydrogen) atoms. The first-order valence-corrected chi connectivity index (χ1v) is 6.22. The fourth-order valence-electron chi connectivity index (χ4n) is 1.78. The molecule has 0 aliphatic rings. The molecule has 0 bridgehead atoms. The molecule has 2 rings (SSSR count). The van der Waals surface area contributed by atoms with Crippen molar-refractivity contribution >= 4 is 22.9 Å². The summed E-state index contributed by atoms with van der Waals surface area (Å²) in [5, 5.41) is 12.4. The molecule has 0 saturated carbocycles. The van der Waals surface area contributed by atoms with Crippen molar-refractivity contribution in [2.45, 2.75) is 6.42 Å². The molecule has 0 aliphatic heterocycles. The van der Waals surface area contributed by atoms with Crippen LogP contribution in [0.25, 0.3) is 17.0 Å². The van der Waals surface area contributed by atoms with Crippen LogP contribution in [-0.4, -0.2) is 29.1 Å². The van der Waals surface area contributed by atoms with Gasteiger partial charge in [-0.25, -0.2) is 0 Å². The third kappa shape index (κ3) is 3.63. The summed E-state index contributed by atoms with van der Waals surface area (Å²) in [4.78, 5) is 15.8. The number of carbonyl (C=O) groups is 1. The Morgan fingerprint density at radius 2 is 2.16 bits per heavy atom. The van der Waals surface area contributed by atoms with E-state index in [1.807, 2.05) is 30.3 Å². The van der Waals surface area contributed by atoms with Crippen LogP contribution in [-0.2, 0) is 4.79 Å². The first-order chi connectivity index (χ1) is 9.31. The van der Waals surface area contributed by atoms with Gasteiger partial charge >= 0.3 is 0 Å². The molecule has 0 unspecified atom stereocenters. The van der Waals surface area contributed by atoms with Gasteiger partial charge in [-0.2, -0.15) is 0 Å². The maximum Gasteiger partial charge on any atom is 0.244 e. The van der Waals surface area contributed by atoms with Gasteiger partial charge in [0.15, 0.2) is 0 Å². The molecule has 0 spiro atoms. The Kier molecular flexibility index (Phi) is 4.64. The molecule has 0 atom stereocenters. The van der Waals surface area contributed by atoms with E-state index >= 15 is 0 Å². The molecule has 2 aromatic rings. The normalized spacial score (nSPS) is 11.0. The van der Waals surface area contributed by atoms with Gasteiger partial charge in [-0.05, 0) is 18.6 Å². The number of para-hydroxylation sites is 1. The van der Waals surface area contributed by atoms with E-state index in [1.54, 1.807) is 12.3 Å². The maximum atomic E-state index is 11.5. The summed E-state index contributed by atoms with van der Waals surface area (Å²) in [6, 6.07) is 9.72. The molecule has 2 N–H and O–H groups in total. The lowest BCUT2D eigenvalue weighted by atomic mass is 10.1. The van der Waals surface area contributed by atoms with E-state index < -0.39 is 0 Å². The van der Waals surface area contributed by atoms with E-state index in [-0.39, 0.29) is 12.5 Å². The molecule has 1 aromatic carbocycles. The van der Waals surface area contributed by atoms with E-state index in [9.17, 15) is 4.79 Å². The highest BCUT2D eigenvalue weighted by Crippen LogP contribution is 2.16. The molecule has 1 heterocycles. The topological polar surface area (TPSA) is 62.2 Å². The summed E-state index contributed by atoms with van der Waals surface area (Å²) >= 11 is 0. The minimum absolute atomic E-state index is 0.0806. The van der Waals surface area contributed by atoms with Crippen LogP contribution in [0.5, 0.6) is 0 Å². The van der Waals surface area contributed by atoms with E-state index in [0.29, 0.717) is 13.0 Å². The number of carbonyl (C=O) groups excluding carboxylic acids is 1. The molecular formula is C15H16N2O2. The second kappa shape index (κ2) is 6.66. The second-order valence-corrected chi connectivity index (χ2v) is 4.12. The average Bonchev–Trinajstić information content (AvgIpc) is 2.45. The minimum Gasteiger partial charge on any atom is -0.396 e. The van der Waals surface area contributed by atoms with Crippen LogP contribution >= 0.6 is 0 Å². The van der Waals surface area contributed by atoms with Crippen LogP contribution in [0.1, 0.15) is 12.0 Å². The third-order valence-corrected chi connectivity index (χ3v) is 2.71. The van der Waals surface area contributed by atoms with Gasteiger partial charge in [-0.15, -0.1) is 0 Å². The van der Waals surface area contributed by atoms with Gasteiger partial charge in [0.1, 0.15) is 0 Å². The van der Waals surface area contributed by atoms with Crippen molar-refractivity contribution in [1.29, 1.82) is 0 Å². The van der Waals surface area contributed by atoms with Crippen molar-refractivity contribution in [3.63, 3.8) is 0 Å². The first kappa shape index (κ1) is 13.2. The number of rotatable bonds is 5. The zero-order chi connectivity index (χ0) is 13.5. The number of aliphatic hydroxyl groups excluding tert-OH is 1. The van der Waals surface area contributed by atoms with Crippen molar-refractivity contribution < 1.29 is 9.90 Å². The average molecular weight is 256 g/mol. The highest BCUT2D eigenvalue weighted by Gasteiger charge is 1.99. The minimum atomic E-state index is -0.165. The number of aromatic nitrogens is 1. The Morgan fingerprint density at radius 3 is 3.00 bits per heavy atom. The summed E-state index contributed by atoms with van der Waals surface area (Å²) in [7, 11) is 0. The molecule has 4 heteroatoms. The van der Waals surface area contributed by atoms with Crippen molar-refractivity contribution in [1.82, 2.24) is 10.3 Å². The lowest BCUT2D eigenvalue weighted by Gasteiger charge is -2.01. The SMILES string of the molecule is O=C(/C=C/c1cccc2cccnc12)NCCCO. The van der Waals surface area contributed by atoms with Gasteiger partial charge in [-0.3, -0.25) is 9.78 Å². The largest absolute Gasteiger partial charge is 0.396 e. The predicted octanol–water partition coefficient (Wildman–Crippen LogP) is 1.75. The quantitative estimate of drug-likeness (QED) is 0.633. The zero-order valence-electron chi connectivity index (χ0n) is 10.5. The van der Waals surface area contributed by atoms with Gasteiger partial charge in [0.2, 0.25) is 5.91 Å². The molecule has 98 valence electrons. The summed E-state index contributed by atoms with van der Waals surface area (Å²) < 4.78 is 0. The van der Waals surface area contributed by atoms with Gasteiger partial charge in [0.25, 0.3) is 0 Å². The molecule has 0 radical (unpaired) electrons. The van der Waals surface area contributed by atoms with Gasteiger partial charge in [0.05, 0.1) is 5.52 Å². The Hall–Kier alpha value is -2.20. The second-order valence-electron chi connectivity index (χ2n) is 4.12. The first-order valence-electron chi connectivity index (χ1n) is 6.22. The van der Waals surface area contributed by atoms with Crippen molar-refractivity contribution in [2.75, 3.05) is 13.2 Å². The monoisotopic (exact) mass is 256 g/mol. The standard InChI is InChI=1S/C15H16N2O2/c18-11-3-10-16-14(19)8-7-13-5-1-4-12-6-2-9-17-15(12)13/h1-2,4-9,18H,3,10-11H2,(H,16,19)/b8-7+. The highest BCUT2D eigenvalue weighted by molar-refractivity contribution is 5.95. The maximum absolute atomic E-state index is 11.5. The van der Waals surface area contributed by atoms with Crippen LogP contribution in [0.15, 0.2) is 42.6 Å². The lowest BCUT2D eigenvalue weighted by Crippen LogP contribution is -2.22. The summed E-state index contributed by atoms with van der Waals surface area (Å²) in [5.74, 6) is -0.165. The van der Waals surface area contributed by atoms with Crippen LogP contribution in [0.4, 0.5) is 0 Å². The highest BCUT2D eigenvalue weighted by atomic mass is 16.3. The van der Waals surface area contributed by atoms with Gasteiger partial charge in [0, 0.05) is 36.4 Å². The fourth-order valence-corrected chi connectivity index (χ4v) is 1.78. The number of nitrogens with zero attached hydrogens (tertiary/aromatic N) is 1. The summed E-state index contributed by atoms with van der Waals surface area (Å²) in [6.07, 6.45) is 5.54. The number of pyridine rings is 1. The van der Waals surface area contributed by atoms with E-state index in [4.69, 9.17) is 5.11 Å². The van der Waals surface area contributed by atoms with Gasteiger partial charge in [-0.1, -0.05) is 24.3 Å². The molecule has 0 fully saturated rings. The predicted molar refractivity (Wildman–Crippen MR) is 75.5 cm³/mol. The number of hydrogen-bond donors (Lipinski definition) is 2. The number of amides is 1. The number of fused-ring (bicyclic) bond motifs is 1. The van der Waals surface area contributed by atoms with Crippen LogP contribution in [0.3, 0.4) is 0 Å². The van der Waals surface area contributed by atoms with Crippen LogP contribution in [0, 0.1) is 0 Å². The molecule has 0 saturated heterocycles. The van der Waals surface area contributed by atoms with Crippen LogP contribution in [0.2, 0.25) is 0 Å². The summed E-state index contributed by atoms with van der Waals surface area (Å²) in [6.45, 7) is 0.560. The molecule has 0 aliphatic carbocycles. The van der Waals surface area contributed by atoms with E-state index in [1.165, 1.54) is 6.08 Å². The Labute approximate surface area is 111 Å². The Balaban J connectivity index is 2.10. The Bertz CT molecular complexity index is 588. The summed E-state index contributed by atoms with van der Waals surface area (Å²) in [5.41, 5.74) is 1.79. The molecule has 1 amide bonds. The molecule has 4 nitrogen and oxygen atoms in total. The lowest BCUT2D eigenvalue weighted by molar-refractivity contribution is -0.116. The van der Waals surface area contributed by atoms with E-state index in [0.717, 1.165) is 16.5 Å². The van der Waals surface area contributed by atoms with Gasteiger partial charge < -0.3 is 10.4 Å². The van der Waals surface area contributed by atoms with Crippen molar-refractivity contribution in [3.8, 4) is 0 Å². The number of aliphatic hydroxyl groups is 1. The fraction of sp³-hybridized carbons (Fsp3) is 0.200. The van der Waals surface area contributed by atoms with Crippen molar-refractivity contribution in [2.24, 2.45) is 0 Å². The number of hydrogen-bond acceptors (Lipinski definition) is 3. The van der Waals surface area contributed by atoms with Crippen LogP contribution < -0.4 is 5.32 Å². The van der Waals surface area contributed by atoms with E-state index in [2.05, 4.69) is 10.3 Å². The molecule has 1 aromatic heterocycles. The zero-order valence-corrected chi connectivity index (χ0v) is 10.5. The van der Waals surface area contributed by atoms with Crippen molar-refractivity contribution in [3.05, 3.63) is 48.2 Å².